The molecule has 4 nitrogen and oxygen atoms in total. The van der Waals surface area contributed by atoms with E-state index in [-0.39, 0.29) is 6.04 Å². The lowest BCUT2D eigenvalue weighted by Crippen LogP contribution is -2.14. The number of nitrogens with zero attached hydrogens (tertiary/aromatic N) is 3. The summed E-state index contributed by atoms with van der Waals surface area (Å²) in [6, 6.07) is 0.255. The highest BCUT2D eigenvalue weighted by molar-refractivity contribution is 9.10. The summed E-state index contributed by atoms with van der Waals surface area (Å²) in [5, 5.41) is 6.64. The normalized spacial score (nSPS) is 16.6. The summed E-state index contributed by atoms with van der Waals surface area (Å²) in [5.74, 6) is 1.34. The molecule has 0 aliphatic heterocycles. The van der Waals surface area contributed by atoms with E-state index in [9.17, 15) is 0 Å². The van der Waals surface area contributed by atoms with Crippen LogP contribution in [0.1, 0.15) is 29.6 Å². The van der Waals surface area contributed by atoms with E-state index in [0.29, 0.717) is 11.9 Å². The van der Waals surface area contributed by atoms with Crippen LogP contribution in [0.2, 0.25) is 0 Å². The van der Waals surface area contributed by atoms with Gasteiger partial charge >= 0.3 is 0 Å². The average Bonchev–Trinajstić information content (AvgIpc) is 3.11. The van der Waals surface area contributed by atoms with Gasteiger partial charge in [0, 0.05) is 23.5 Å². The number of hydrogen-bond acceptors (Lipinski definition) is 5. The van der Waals surface area contributed by atoms with Crippen molar-refractivity contribution in [3.05, 3.63) is 32.9 Å². The van der Waals surface area contributed by atoms with Crippen LogP contribution in [0.4, 0.5) is 5.95 Å². The van der Waals surface area contributed by atoms with E-state index in [0.717, 1.165) is 15.2 Å². The van der Waals surface area contributed by atoms with Crippen molar-refractivity contribution in [2.75, 3.05) is 5.32 Å². The predicted octanol–water partition coefficient (Wildman–Crippen LogP) is 3.57. The van der Waals surface area contributed by atoms with Crippen molar-refractivity contribution in [1.82, 2.24) is 15.0 Å². The van der Waals surface area contributed by atoms with Gasteiger partial charge < -0.3 is 5.32 Å². The quantitative estimate of drug-likeness (QED) is 0.934. The molecule has 0 aromatic carbocycles. The van der Waals surface area contributed by atoms with Crippen molar-refractivity contribution in [3.63, 3.8) is 0 Å². The predicted molar refractivity (Wildman–Crippen MR) is 75.7 cm³/mol. The van der Waals surface area contributed by atoms with Crippen molar-refractivity contribution < 1.29 is 0 Å². The lowest BCUT2D eigenvalue weighted by atomic mass is 10.2. The monoisotopic (exact) mass is 324 g/mol. The molecule has 0 bridgehead atoms. The van der Waals surface area contributed by atoms with Crippen LogP contribution in [0.25, 0.3) is 0 Å². The first-order valence-electron chi connectivity index (χ1n) is 5.88. The maximum Gasteiger partial charge on any atom is 0.223 e. The Balaban J connectivity index is 1.80. The van der Waals surface area contributed by atoms with Gasteiger partial charge in [-0.2, -0.15) is 0 Å². The van der Waals surface area contributed by atoms with Crippen molar-refractivity contribution in [2.45, 2.75) is 25.8 Å². The van der Waals surface area contributed by atoms with E-state index < -0.39 is 0 Å². The second kappa shape index (κ2) is 4.93. The maximum atomic E-state index is 4.58. The molecule has 0 saturated heterocycles. The minimum Gasteiger partial charge on any atom is -0.345 e. The third-order valence-electron chi connectivity index (χ3n) is 2.90. The number of hydrogen-bond donors (Lipinski definition) is 1. The fourth-order valence-electron chi connectivity index (χ4n) is 1.85. The van der Waals surface area contributed by atoms with Gasteiger partial charge in [-0.25, -0.2) is 15.0 Å². The Kier molecular flexibility index (Phi) is 3.30. The number of rotatable bonds is 4. The highest BCUT2D eigenvalue weighted by atomic mass is 79.9. The molecule has 1 atom stereocenters. The summed E-state index contributed by atoms with van der Waals surface area (Å²) >= 11 is 5.05. The standard InChI is InChI=1S/C12H13BrN4S/c1-7-6-18-11(16-7)10(8-2-3-8)17-12-14-4-9(13)5-15-12/h4-6,8,10H,2-3H2,1H3,(H,14,15,17)/t10-/m0/s1. The molecule has 3 rings (SSSR count). The van der Waals surface area contributed by atoms with Crippen molar-refractivity contribution in [3.8, 4) is 0 Å². The highest BCUT2D eigenvalue weighted by Gasteiger charge is 2.34. The van der Waals surface area contributed by atoms with Gasteiger partial charge in [-0.05, 0) is 41.6 Å². The molecule has 2 aromatic heterocycles. The minimum absolute atomic E-state index is 0.255. The molecule has 1 aliphatic rings. The van der Waals surface area contributed by atoms with Crippen LogP contribution < -0.4 is 5.32 Å². The van der Waals surface area contributed by atoms with E-state index in [1.54, 1.807) is 23.7 Å². The Labute approximate surface area is 118 Å². The summed E-state index contributed by atoms with van der Waals surface area (Å²) in [5.41, 5.74) is 1.08. The third-order valence-corrected chi connectivity index (χ3v) is 4.36. The van der Waals surface area contributed by atoms with Crippen LogP contribution >= 0.6 is 27.3 Å². The second-order valence-corrected chi connectivity index (χ2v) is 6.32. The van der Waals surface area contributed by atoms with Gasteiger partial charge in [0.1, 0.15) is 5.01 Å². The van der Waals surface area contributed by atoms with Crippen LogP contribution in [0, 0.1) is 12.8 Å². The first-order valence-corrected chi connectivity index (χ1v) is 7.56. The number of nitrogens with one attached hydrogen (secondary N) is 1. The fourth-order valence-corrected chi connectivity index (χ4v) is 3.00. The largest absolute Gasteiger partial charge is 0.345 e. The number of aryl methyl sites for hydroxylation is 1. The molecule has 0 radical (unpaired) electrons. The molecule has 0 spiro atoms. The van der Waals surface area contributed by atoms with Crippen LogP contribution in [0.5, 0.6) is 0 Å². The lowest BCUT2D eigenvalue weighted by Gasteiger charge is -2.15. The smallest absolute Gasteiger partial charge is 0.223 e. The molecule has 1 aliphatic carbocycles. The molecule has 6 heteroatoms. The van der Waals surface area contributed by atoms with Gasteiger partial charge in [0.05, 0.1) is 10.5 Å². The van der Waals surface area contributed by atoms with E-state index in [1.807, 2.05) is 6.92 Å². The van der Waals surface area contributed by atoms with Gasteiger partial charge in [0.2, 0.25) is 5.95 Å². The summed E-state index contributed by atoms with van der Waals surface area (Å²) < 4.78 is 0.890. The number of halogens is 1. The van der Waals surface area contributed by atoms with Gasteiger partial charge in [-0.3, -0.25) is 0 Å². The van der Waals surface area contributed by atoms with E-state index in [4.69, 9.17) is 0 Å². The average molecular weight is 325 g/mol. The maximum absolute atomic E-state index is 4.58. The molecule has 1 fully saturated rings. The Morgan fingerprint density at radius 2 is 2.11 bits per heavy atom. The summed E-state index contributed by atoms with van der Waals surface area (Å²) in [6.45, 7) is 2.03. The number of aromatic nitrogens is 3. The molecule has 2 aromatic rings. The molecule has 1 N–H and O–H groups in total. The van der Waals surface area contributed by atoms with Gasteiger partial charge in [0.15, 0.2) is 0 Å². The van der Waals surface area contributed by atoms with Gasteiger partial charge in [0.25, 0.3) is 0 Å². The Morgan fingerprint density at radius 3 is 2.67 bits per heavy atom. The first-order chi connectivity index (χ1) is 8.72. The zero-order valence-corrected chi connectivity index (χ0v) is 12.3. The molecular weight excluding hydrogens is 312 g/mol. The SMILES string of the molecule is Cc1csc([C@@H](Nc2ncc(Br)cn2)C2CC2)n1. The van der Waals surface area contributed by atoms with Crippen molar-refractivity contribution in [1.29, 1.82) is 0 Å². The first kappa shape index (κ1) is 12.0. The minimum atomic E-state index is 0.255. The van der Waals surface area contributed by atoms with Crippen LogP contribution in [-0.2, 0) is 0 Å². The van der Waals surface area contributed by atoms with E-state index >= 15 is 0 Å². The van der Waals surface area contributed by atoms with E-state index in [2.05, 4.69) is 41.6 Å². The van der Waals surface area contributed by atoms with Crippen LogP contribution in [0.3, 0.4) is 0 Å². The molecule has 18 heavy (non-hydrogen) atoms. The molecule has 0 amide bonds. The third kappa shape index (κ3) is 2.70. The second-order valence-electron chi connectivity index (χ2n) is 4.51. The van der Waals surface area contributed by atoms with Gasteiger partial charge in [-0.15, -0.1) is 11.3 Å². The van der Waals surface area contributed by atoms with Gasteiger partial charge in [-0.1, -0.05) is 0 Å². The van der Waals surface area contributed by atoms with Crippen molar-refractivity contribution in [2.24, 2.45) is 5.92 Å². The molecular formula is C12H13BrN4S. The lowest BCUT2D eigenvalue weighted by molar-refractivity contribution is 0.664. The van der Waals surface area contributed by atoms with Crippen LogP contribution in [0.15, 0.2) is 22.2 Å². The number of thiazole rings is 1. The Bertz CT molecular complexity index is 535. The molecule has 1 saturated carbocycles. The Hall–Kier alpha value is -1.01. The zero-order valence-electron chi connectivity index (χ0n) is 9.93. The fraction of sp³-hybridized carbons (Fsp3) is 0.417. The van der Waals surface area contributed by atoms with E-state index in [1.165, 1.54) is 12.8 Å². The molecule has 2 heterocycles. The molecule has 0 unspecified atom stereocenters. The summed E-state index contributed by atoms with van der Waals surface area (Å²) in [4.78, 5) is 13.1. The topological polar surface area (TPSA) is 50.7 Å². The zero-order chi connectivity index (χ0) is 12.5. The number of anilines is 1. The van der Waals surface area contributed by atoms with Crippen LogP contribution in [-0.4, -0.2) is 15.0 Å². The highest BCUT2D eigenvalue weighted by Crippen LogP contribution is 2.43. The summed E-state index contributed by atoms with van der Waals surface area (Å²) in [6.07, 6.45) is 6.03. The Morgan fingerprint density at radius 1 is 1.39 bits per heavy atom. The summed E-state index contributed by atoms with van der Waals surface area (Å²) in [7, 11) is 0. The molecule has 94 valence electrons. The van der Waals surface area contributed by atoms with Crippen molar-refractivity contribution >= 4 is 33.2 Å².